The Morgan fingerprint density at radius 1 is 1.09 bits per heavy atom. The van der Waals surface area contributed by atoms with E-state index in [9.17, 15) is 4.21 Å². The Morgan fingerprint density at radius 2 is 1.86 bits per heavy atom. The lowest BCUT2D eigenvalue weighted by atomic mass is 10.1. The summed E-state index contributed by atoms with van der Waals surface area (Å²) in [5, 5.41) is 1.77. The van der Waals surface area contributed by atoms with Crippen LogP contribution in [-0.2, 0) is 11.0 Å². The SMILES string of the molecule is Cc1[nH]c2ccc(NS(=O)c3cccc(Cl)c3C)cc2c1C. The molecule has 2 aromatic carbocycles. The van der Waals surface area contributed by atoms with E-state index in [1.807, 2.05) is 37.3 Å². The van der Waals surface area contributed by atoms with Crippen LogP contribution in [0.1, 0.15) is 16.8 Å². The number of nitrogens with one attached hydrogen (secondary N) is 2. The van der Waals surface area contributed by atoms with E-state index in [2.05, 4.69) is 23.6 Å². The molecule has 1 heterocycles. The first-order valence-electron chi connectivity index (χ1n) is 7.00. The van der Waals surface area contributed by atoms with Gasteiger partial charge in [0.25, 0.3) is 0 Å². The molecule has 0 spiro atoms. The molecule has 2 N–H and O–H groups in total. The molecule has 1 atom stereocenters. The number of H-pyrrole nitrogens is 1. The minimum absolute atomic E-state index is 0.625. The van der Waals surface area contributed by atoms with Crippen molar-refractivity contribution in [2.24, 2.45) is 0 Å². The maximum absolute atomic E-state index is 12.5. The van der Waals surface area contributed by atoms with Crippen molar-refractivity contribution in [3.8, 4) is 0 Å². The van der Waals surface area contributed by atoms with Crippen LogP contribution in [0, 0.1) is 20.8 Å². The minimum atomic E-state index is -1.34. The summed E-state index contributed by atoms with van der Waals surface area (Å²) in [7, 11) is -1.34. The fourth-order valence-electron chi connectivity index (χ4n) is 2.48. The van der Waals surface area contributed by atoms with Gasteiger partial charge in [-0.2, -0.15) is 0 Å². The summed E-state index contributed by atoms with van der Waals surface area (Å²) >= 11 is 6.10. The normalized spacial score (nSPS) is 12.5. The van der Waals surface area contributed by atoms with Crippen LogP contribution in [0.2, 0.25) is 5.02 Å². The molecule has 114 valence electrons. The van der Waals surface area contributed by atoms with Crippen molar-refractivity contribution in [2.45, 2.75) is 25.7 Å². The van der Waals surface area contributed by atoms with E-state index in [-0.39, 0.29) is 0 Å². The van der Waals surface area contributed by atoms with Crippen molar-refractivity contribution in [1.29, 1.82) is 0 Å². The van der Waals surface area contributed by atoms with Crippen LogP contribution in [-0.4, -0.2) is 9.19 Å². The van der Waals surface area contributed by atoms with Crippen molar-refractivity contribution in [3.63, 3.8) is 0 Å². The molecule has 0 bridgehead atoms. The number of aromatic nitrogens is 1. The van der Waals surface area contributed by atoms with E-state index < -0.39 is 11.0 Å². The minimum Gasteiger partial charge on any atom is -0.358 e. The number of fused-ring (bicyclic) bond motifs is 1. The molecular weight excluding hydrogens is 316 g/mol. The van der Waals surface area contributed by atoms with Gasteiger partial charge in [0.2, 0.25) is 0 Å². The molecule has 0 fully saturated rings. The lowest BCUT2D eigenvalue weighted by Crippen LogP contribution is -2.06. The molecule has 0 aliphatic carbocycles. The van der Waals surface area contributed by atoms with Gasteiger partial charge in [-0.1, -0.05) is 17.7 Å². The van der Waals surface area contributed by atoms with E-state index in [0.29, 0.717) is 9.92 Å². The molecule has 0 aliphatic heterocycles. The second-order valence-electron chi connectivity index (χ2n) is 5.37. The van der Waals surface area contributed by atoms with Gasteiger partial charge in [0.15, 0.2) is 11.0 Å². The van der Waals surface area contributed by atoms with Crippen LogP contribution in [0.4, 0.5) is 5.69 Å². The molecule has 1 unspecified atom stereocenters. The molecule has 3 aromatic rings. The third-order valence-corrected chi connectivity index (χ3v) is 5.61. The molecule has 0 saturated heterocycles. The average Bonchev–Trinajstić information content (AvgIpc) is 2.77. The number of anilines is 1. The van der Waals surface area contributed by atoms with Crippen LogP contribution in [0.25, 0.3) is 10.9 Å². The van der Waals surface area contributed by atoms with Crippen molar-refractivity contribution in [3.05, 3.63) is 58.2 Å². The van der Waals surface area contributed by atoms with Crippen LogP contribution < -0.4 is 4.72 Å². The van der Waals surface area contributed by atoms with Crippen LogP contribution >= 0.6 is 11.6 Å². The van der Waals surface area contributed by atoms with Crippen LogP contribution in [0.3, 0.4) is 0 Å². The molecule has 3 rings (SSSR count). The van der Waals surface area contributed by atoms with Gasteiger partial charge in [0.05, 0.1) is 4.90 Å². The predicted molar refractivity (Wildman–Crippen MR) is 94.0 cm³/mol. The van der Waals surface area contributed by atoms with E-state index in [1.165, 1.54) is 5.56 Å². The largest absolute Gasteiger partial charge is 0.358 e. The molecule has 0 radical (unpaired) electrons. The summed E-state index contributed by atoms with van der Waals surface area (Å²) in [5.74, 6) is 0. The van der Waals surface area contributed by atoms with Gasteiger partial charge in [0, 0.05) is 27.3 Å². The van der Waals surface area contributed by atoms with Crippen molar-refractivity contribution < 1.29 is 4.21 Å². The van der Waals surface area contributed by atoms with E-state index in [4.69, 9.17) is 11.6 Å². The fraction of sp³-hybridized carbons (Fsp3) is 0.176. The Labute approximate surface area is 137 Å². The molecule has 0 amide bonds. The highest BCUT2D eigenvalue weighted by atomic mass is 35.5. The molecular formula is C17H17ClN2OS. The second kappa shape index (κ2) is 5.78. The summed E-state index contributed by atoms with van der Waals surface area (Å²) in [6.45, 7) is 6.01. The molecule has 0 saturated carbocycles. The topological polar surface area (TPSA) is 44.9 Å². The van der Waals surface area contributed by atoms with Gasteiger partial charge >= 0.3 is 0 Å². The van der Waals surface area contributed by atoms with Crippen molar-refractivity contribution >= 4 is 39.2 Å². The number of rotatable bonds is 3. The highest BCUT2D eigenvalue weighted by Gasteiger charge is 2.11. The molecule has 1 aromatic heterocycles. The zero-order valence-electron chi connectivity index (χ0n) is 12.7. The first kappa shape index (κ1) is 15.1. The monoisotopic (exact) mass is 332 g/mol. The zero-order chi connectivity index (χ0) is 15.9. The van der Waals surface area contributed by atoms with Gasteiger partial charge in [-0.05, 0) is 62.2 Å². The molecule has 22 heavy (non-hydrogen) atoms. The van der Waals surface area contributed by atoms with Crippen molar-refractivity contribution in [2.75, 3.05) is 4.72 Å². The van der Waals surface area contributed by atoms with E-state index >= 15 is 0 Å². The maximum Gasteiger partial charge on any atom is 0.150 e. The Balaban J connectivity index is 1.94. The summed E-state index contributed by atoms with van der Waals surface area (Å²) in [4.78, 5) is 4.04. The van der Waals surface area contributed by atoms with Gasteiger partial charge < -0.3 is 9.71 Å². The second-order valence-corrected chi connectivity index (χ2v) is 6.96. The Bertz CT molecular complexity index is 886. The average molecular weight is 333 g/mol. The third kappa shape index (κ3) is 2.64. The number of hydrogen-bond donors (Lipinski definition) is 2. The summed E-state index contributed by atoms with van der Waals surface area (Å²) in [6.07, 6.45) is 0. The van der Waals surface area contributed by atoms with Gasteiger partial charge in [-0.15, -0.1) is 0 Å². The van der Waals surface area contributed by atoms with Gasteiger partial charge in [-0.3, -0.25) is 0 Å². The summed E-state index contributed by atoms with van der Waals surface area (Å²) in [5.41, 5.74) is 5.12. The summed E-state index contributed by atoms with van der Waals surface area (Å²) in [6, 6.07) is 11.4. The quantitative estimate of drug-likeness (QED) is 0.705. The van der Waals surface area contributed by atoms with E-state index in [0.717, 1.165) is 27.8 Å². The number of halogens is 1. The van der Waals surface area contributed by atoms with Crippen LogP contribution in [0.5, 0.6) is 0 Å². The van der Waals surface area contributed by atoms with E-state index in [1.54, 1.807) is 6.07 Å². The third-order valence-electron chi connectivity index (χ3n) is 3.94. The standard InChI is InChI=1S/C17H17ClN2OS/c1-10-12(3)19-16-8-7-13(9-14(10)16)20-22(21)17-6-4-5-15(18)11(17)2/h4-9,19-20H,1-3H3. The Morgan fingerprint density at radius 3 is 2.64 bits per heavy atom. The first-order valence-corrected chi connectivity index (χ1v) is 8.52. The maximum atomic E-state index is 12.5. The Hall–Kier alpha value is -1.78. The fourth-order valence-corrected chi connectivity index (χ4v) is 3.75. The highest BCUT2D eigenvalue weighted by Crippen LogP contribution is 2.26. The van der Waals surface area contributed by atoms with Crippen molar-refractivity contribution in [1.82, 2.24) is 4.98 Å². The zero-order valence-corrected chi connectivity index (χ0v) is 14.2. The van der Waals surface area contributed by atoms with Gasteiger partial charge in [-0.25, -0.2) is 4.21 Å². The molecule has 3 nitrogen and oxygen atoms in total. The van der Waals surface area contributed by atoms with Gasteiger partial charge in [0.1, 0.15) is 0 Å². The number of aromatic amines is 1. The van der Waals surface area contributed by atoms with Crippen LogP contribution in [0.15, 0.2) is 41.3 Å². The molecule has 5 heteroatoms. The number of aryl methyl sites for hydroxylation is 2. The Kier molecular flexibility index (Phi) is 3.98. The summed E-state index contributed by atoms with van der Waals surface area (Å²) < 4.78 is 15.6. The number of hydrogen-bond acceptors (Lipinski definition) is 1. The predicted octanol–water partition coefficient (Wildman–Crippen LogP) is 4.88. The first-order chi connectivity index (χ1) is 10.5. The lowest BCUT2D eigenvalue weighted by Gasteiger charge is -2.10. The highest BCUT2D eigenvalue weighted by molar-refractivity contribution is 7.86. The molecule has 0 aliphatic rings. The number of benzene rings is 2. The lowest BCUT2D eigenvalue weighted by molar-refractivity contribution is 0.686. The smallest absolute Gasteiger partial charge is 0.150 e.